The average molecular weight is 229 g/mol. The summed E-state index contributed by atoms with van der Waals surface area (Å²) in [6.45, 7) is 8.60. The number of hydrogen-bond donors (Lipinski definition) is 1. The predicted octanol–water partition coefficient (Wildman–Crippen LogP) is 2.90. The maximum Gasteiger partial charge on any atom is 0.129 e. The largest absolute Gasteiger partial charge is 0.383 e. The van der Waals surface area contributed by atoms with Crippen molar-refractivity contribution in [2.24, 2.45) is 7.05 Å². The summed E-state index contributed by atoms with van der Waals surface area (Å²) in [5.41, 5.74) is 13.5. The molecule has 0 spiro atoms. The van der Waals surface area contributed by atoms with Crippen LogP contribution in [0.5, 0.6) is 0 Å². The summed E-state index contributed by atoms with van der Waals surface area (Å²) in [4.78, 5) is 0. The van der Waals surface area contributed by atoms with Crippen molar-refractivity contribution < 1.29 is 0 Å². The molecule has 1 aromatic heterocycles. The third-order valence-electron chi connectivity index (χ3n) is 3.76. The van der Waals surface area contributed by atoms with Gasteiger partial charge in [0.15, 0.2) is 0 Å². The fourth-order valence-corrected chi connectivity index (χ4v) is 2.15. The number of benzene rings is 1. The van der Waals surface area contributed by atoms with Crippen LogP contribution >= 0.6 is 0 Å². The molecular formula is C14H19N3. The van der Waals surface area contributed by atoms with Gasteiger partial charge in [-0.25, -0.2) is 0 Å². The molecular weight excluding hydrogens is 210 g/mol. The highest BCUT2D eigenvalue weighted by molar-refractivity contribution is 5.77. The molecule has 90 valence electrons. The summed E-state index contributed by atoms with van der Waals surface area (Å²) in [5.74, 6) is 0.718. The molecule has 0 bridgehead atoms. The number of hydrogen-bond acceptors (Lipinski definition) is 2. The molecule has 1 heterocycles. The predicted molar refractivity (Wildman–Crippen MR) is 72.0 cm³/mol. The summed E-state index contributed by atoms with van der Waals surface area (Å²) in [6, 6.07) is 2.20. The van der Waals surface area contributed by atoms with Crippen molar-refractivity contribution in [1.82, 2.24) is 9.78 Å². The number of nitrogens with zero attached hydrogens (tertiary/aromatic N) is 2. The standard InChI is InChI=1S/C14H19N3/c1-8-6-12(11(4)10(3)9(8)2)13-7-16-17(5)14(13)15/h6-7H,15H2,1-5H3. The Hall–Kier alpha value is -1.77. The monoisotopic (exact) mass is 229 g/mol. The van der Waals surface area contributed by atoms with E-state index in [4.69, 9.17) is 5.73 Å². The fourth-order valence-electron chi connectivity index (χ4n) is 2.15. The highest BCUT2D eigenvalue weighted by Crippen LogP contribution is 2.32. The summed E-state index contributed by atoms with van der Waals surface area (Å²) in [5, 5.41) is 4.21. The second-order valence-corrected chi connectivity index (χ2v) is 4.68. The zero-order valence-electron chi connectivity index (χ0n) is 11.1. The summed E-state index contributed by atoms with van der Waals surface area (Å²) in [6.07, 6.45) is 1.84. The van der Waals surface area contributed by atoms with E-state index in [1.54, 1.807) is 4.68 Å². The second-order valence-electron chi connectivity index (χ2n) is 4.68. The van der Waals surface area contributed by atoms with Gasteiger partial charge in [-0.1, -0.05) is 6.07 Å². The third kappa shape index (κ3) is 1.71. The summed E-state index contributed by atoms with van der Waals surface area (Å²) < 4.78 is 1.71. The van der Waals surface area contributed by atoms with Crippen LogP contribution in [0.25, 0.3) is 11.1 Å². The van der Waals surface area contributed by atoms with Crippen LogP contribution in [-0.2, 0) is 7.05 Å². The molecule has 2 aromatic rings. The molecule has 0 fully saturated rings. The van der Waals surface area contributed by atoms with E-state index >= 15 is 0 Å². The highest BCUT2D eigenvalue weighted by Gasteiger charge is 2.13. The number of nitrogens with two attached hydrogens (primary N) is 1. The number of aryl methyl sites for hydroxylation is 2. The fraction of sp³-hybridized carbons (Fsp3) is 0.357. The van der Waals surface area contributed by atoms with Gasteiger partial charge < -0.3 is 5.73 Å². The van der Waals surface area contributed by atoms with Crippen molar-refractivity contribution in [2.75, 3.05) is 5.73 Å². The molecule has 0 saturated heterocycles. The lowest BCUT2D eigenvalue weighted by Crippen LogP contribution is -2.00. The molecule has 0 aliphatic heterocycles. The Balaban J connectivity index is 2.73. The number of nitrogen functional groups attached to an aromatic ring is 1. The van der Waals surface area contributed by atoms with Crippen LogP contribution in [0, 0.1) is 27.7 Å². The first-order valence-corrected chi connectivity index (χ1v) is 5.78. The lowest BCUT2D eigenvalue weighted by Gasteiger charge is -2.13. The van der Waals surface area contributed by atoms with Crippen LogP contribution in [0.15, 0.2) is 12.3 Å². The van der Waals surface area contributed by atoms with Crippen LogP contribution in [0.4, 0.5) is 5.82 Å². The normalized spacial score (nSPS) is 10.9. The van der Waals surface area contributed by atoms with E-state index in [-0.39, 0.29) is 0 Å². The highest BCUT2D eigenvalue weighted by atomic mass is 15.3. The van der Waals surface area contributed by atoms with Gasteiger partial charge in [0.1, 0.15) is 5.82 Å². The molecule has 1 aromatic carbocycles. The van der Waals surface area contributed by atoms with Crippen molar-refractivity contribution in [1.29, 1.82) is 0 Å². The van der Waals surface area contributed by atoms with Crippen LogP contribution in [-0.4, -0.2) is 9.78 Å². The van der Waals surface area contributed by atoms with Gasteiger partial charge in [-0.05, 0) is 55.5 Å². The van der Waals surface area contributed by atoms with E-state index in [1.807, 2.05) is 13.2 Å². The van der Waals surface area contributed by atoms with Gasteiger partial charge in [0.05, 0.1) is 6.20 Å². The van der Waals surface area contributed by atoms with Gasteiger partial charge in [0.2, 0.25) is 0 Å². The zero-order chi connectivity index (χ0) is 12.7. The van der Waals surface area contributed by atoms with E-state index < -0.39 is 0 Å². The third-order valence-corrected chi connectivity index (χ3v) is 3.76. The smallest absolute Gasteiger partial charge is 0.129 e. The molecule has 3 heteroatoms. The summed E-state index contributed by atoms with van der Waals surface area (Å²) in [7, 11) is 1.86. The topological polar surface area (TPSA) is 43.8 Å². The van der Waals surface area contributed by atoms with E-state index in [1.165, 1.54) is 27.8 Å². The molecule has 0 aliphatic carbocycles. The van der Waals surface area contributed by atoms with Crippen molar-refractivity contribution in [3.8, 4) is 11.1 Å². The number of anilines is 1. The lowest BCUT2D eigenvalue weighted by molar-refractivity contribution is 0.779. The Bertz CT molecular complexity index is 580. The average Bonchev–Trinajstić information content (AvgIpc) is 2.62. The van der Waals surface area contributed by atoms with Crippen molar-refractivity contribution in [3.05, 3.63) is 34.5 Å². The van der Waals surface area contributed by atoms with Crippen molar-refractivity contribution in [2.45, 2.75) is 27.7 Å². The van der Waals surface area contributed by atoms with Gasteiger partial charge >= 0.3 is 0 Å². The first-order valence-electron chi connectivity index (χ1n) is 5.78. The Morgan fingerprint density at radius 3 is 2.18 bits per heavy atom. The number of aromatic nitrogens is 2. The van der Waals surface area contributed by atoms with Gasteiger partial charge in [-0.3, -0.25) is 4.68 Å². The van der Waals surface area contributed by atoms with E-state index in [0.29, 0.717) is 0 Å². The Labute approximate surface area is 102 Å². The molecule has 0 unspecified atom stereocenters. The Morgan fingerprint density at radius 1 is 1.00 bits per heavy atom. The minimum atomic E-state index is 0.718. The maximum atomic E-state index is 6.04. The molecule has 0 radical (unpaired) electrons. The molecule has 2 N–H and O–H groups in total. The van der Waals surface area contributed by atoms with E-state index in [9.17, 15) is 0 Å². The van der Waals surface area contributed by atoms with Gasteiger partial charge in [-0.2, -0.15) is 5.10 Å². The van der Waals surface area contributed by atoms with Crippen LogP contribution in [0.3, 0.4) is 0 Å². The molecule has 0 atom stereocenters. The molecule has 0 aliphatic rings. The minimum absolute atomic E-state index is 0.718. The SMILES string of the molecule is Cc1cc(-c2cnn(C)c2N)c(C)c(C)c1C. The lowest BCUT2D eigenvalue weighted by atomic mass is 9.92. The van der Waals surface area contributed by atoms with E-state index in [0.717, 1.165) is 11.4 Å². The molecule has 17 heavy (non-hydrogen) atoms. The first-order chi connectivity index (χ1) is 7.93. The maximum absolute atomic E-state index is 6.04. The minimum Gasteiger partial charge on any atom is -0.383 e. The van der Waals surface area contributed by atoms with Crippen molar-refractivity contribution in [3.63, 3.8) is 0 Å². The molecule has 3 nitrogen and oxygen atoms in total. The van der Waals surface area contributed by atoms with E-state index in [2.05, 4.69) is 38.9 Å². The second kappa shape index (κ2) is 3.91. The Kier molecular flexibility index (Phi) is 2.69. The van der Waals surface area contributed by atoms with Gasteiger partial charge in [0, 0.05) is 12.6 Å². The van der Waals surface area contributed by atoms with Crippen LogP contribution in [0.2, 0.25) is 0 Å². The first kappa shape index (κ1) is 11.7. The molecule has 0 saturated carbocycles. The quantitative estimate of drug-likeness (QED) is 0.817. The van der Waals surface area contributed by atoms with Crippen LogP contribution < -0.4 is 5.73 Å². The number of rotatable bonds is 1. The summed E-state index contributed by atoms with van der Waals surface area (Å²) >= 11 is 0. The Morgan fingerprint density at radius 2 is 1.65 bits per heavy atom. The zero-order valence-corrected chi connectivity index (χ0v) is 11.1. The van der Waals surface area contributed by atoms with Crippen molar-refractivity contribution >= 4 is 5.82 Å². The van der Waals surface area contributed by atoms with Gasteiger partial charge in [-0.15, -0.1) is 0 Å². The molecule has 0 amide bonds. The molecule has 2 rings (SSSR count). The van der Waals surface area contributed by atoms with Crippen LogP contribution in [0.1, 0.15) is 22.3 Å². The van der Waals surface area contributed by atoms with Gasteiger partial charge in [0.25, 0.3) is 0 Å².